The second-order valence-electron chi connectivity index (χ2n) is 5.18. The van der Waals surface area contributed by atoms with Crippen LogP contribution in [0.3, 0.4) is 0 Å². The van der Waals surface area contributed by atoms with Gasteiger partial charge in [0.25, 0.3) is 0 Å². The van der Waals surface area contributed by atoms with Gasteiger partial charge in [-0.25, -0.2) is 0 Å². The van der Waals surface area contributed by atoms with Crippen LogP contribution in [0.5, 0.6) is 5.75 Å². The second-order valence-corrected chi connectivity index (χ2v) is 6.10. The number of rotatable bonds is 5. The third-order valence-corrected chi connectivity index (χ3v) is 4.23. The SMILES string of the molecule is CCOc1ccc(Br)cc1C(NC)c1ccc(C)c(C)c1. The highest BCUT2D eigenvalue weighted by Gasteiger charge is 2.17. The van der Waals surface area contributed by atoms with E-state index in [4.69, 9.17) is 4.74 Å². The van der Waals surface area contributed by atoms with E-state index < -0.39 is 0 Å². The van der Waals surface area contributed by atoms with Gasteiger partial charge in [-0.05, 0) is 62.7 Å². The van der Waals surface area contributed by atoms with Gasteiger partial charge in [0.15, 0.2) is 0 Å². The van der Waals surface area contributed by atoms with Crippen LogP contribution in [-0.4, -0.2) is 13.7 Å². The van der Waals surface area contributed by atoms with E-state index in [0.29, 0.717) is 6.61 Å². The standard InChI is InChI=1S/C18H22BrNO/c1-5-21-17-9-8-15(19)11-16(17)18(20-4)14-7-6-12(2)13(3)10-14/h6-11,18,20H,5H2,1-4H3. The van der Waals surface area contributed by atoms with Gasteiger partial charge in [-0.2, -0.15) is 0 Å². The lowest BCUT2D eigenvalue weighted by atomic mass is 9.95. The van der Waals surface area contributed by atoms with Crippen molar-refractivity contribution in [3.63, 3.8) is 0 Å². The normalized spacial score (nSPS) is 12.2. The third kappa shape index (κ3) is 3.66. The van der Waals surface area contributed by atoms with Crippen molar-refractivity contribution in [2.24, 2.45) is 0 Å². The summed E-state index contributed by atoms with van der Waals surface area (Å²) in [5.41, 5.74) is 5.02. The van der Waals surface area contributed by atoms with E-state index >= 15 is 0 Å². The highest BCUT2D eigenvalue weighted by Crippen LogP contribution is 2.33. The van der Waals surface area contributed by atoms with Gasteiger partial charge in [-0.15, -0.1) is 0 Å². The van der Waals surface area contributed by atoms with Crippen molar-refractivity contribution in [2.45, 2.75) is 26.8 Å². The quantitative estimate of drug-likeness (QED) is 0.840. The zero-order chi connectivity index (χ0) is 15.4. The molecule has 0 aliphatic rings. The first-order chi connectivity index (χ1) is 10.1. The van der Waals surface area contributed by atoms with Crippen LogP contribution >= 0.6 is 15.9 Å². The van der Waals surface area contributed by atoms with Crippen LogP contribution in [0.15, 0.2) is 40.9 Å². The third-order valence-electron chi connectivity index (χ3n) is 3.74. The van der Waals surface area contributed by atoms with E-state index in [-0.39, 0.29) is 6.04 Å². The minimum Gasteiger partial charge on any atom is -0.494 e. The van der Waals surface area contributed by atoms with Crippen molar-refractivity contribution in [1.82, 2.24) is 5.32 Å². The molecule has 112 valence electrons. The molecule has 0 bridgehead atoms. The Kier molecular flexibility index (Phi) is 5.43. The van der Waals surface area contributed by atoms with Gasteiger partial charge in [0, 0.05) is 10.0 Å². The Morgan fingerprint density at radius 1 is 1.10 bits per heavy atom. The zero-order valence-corrected chi connectivity index (χ0v) is 14.6. The molecular formula is C18H22BrNO. The molecule has 21 heavy (non-hydrogen) atoms. The number of halogens is 1. The zero-order valence-electron chi connectivity index (χ0n) is 13.0. The highest BCUT2D eigenvalue weighted by atomic mass is 79.9. The van der Waals surface area contributed by atoms with Gasteiger partial charge in [0.2, 0.25) is 0 Å². The molecule has 0 aliphatic heterocycles. The average molecular weight is 348 g/mol. The topological polar surface area (TPSA) is 21.3 Å². The number of aryl methyl sites for hydroxylation is 2. The van der Waals surface area contributed by atoms with Crippen LogP contribution in [0, 0.1) is 13.8 Å². The van der Waals surface area contributed by atoms with E-state index in [0.717, 1.165) is 15.8 Å². The average Bonchev–Trinajstić information content (AvgIpc) is 2.46. The molecule has 0 amide bonds. The van der Waals surface area contributed by atoms with Crippen molar-refractivity contribution in [1.29, 1.82) is 0 Å². The second kappa shape index (κ2) is 7.10. The van der Waals surface area contributed by atoms with Crippen LogP contribution in [-0.2, 0) is 0 Å². The Morgan fingerprint density at radius 3 is 2.48 bits per heavy atom. The summed E-state index contributed by atoms with van der Waals surface area (Å²) in [6.07, 6.45) is 0. The van der Waals surface area contributed by atoms with Gasteiger partial charge >= 0.3 is 0 Å². The largest absolute Gasteiger partial charge is 0.494 e. The summed E-state index contributed by atoms with van der Waals surface area (Å²) >= 11 is 3.56. The summed E-state index contributed by atoms with van der Waals surface area (Å²) in [7, 11) is 1.98. The number of ether oxygens (including phenoxy) is 1. The maximum Gasteiger partial charge on any atom is 0.124 e. The molecule has 0 spiro atoms. The van der Waals surface area contributed by atoms with E-state index in [9.17, 15) is 0 Å². The summed E-state index contributed by atoms with van der Waals surface area (Å²) in [5, 5.41) is 3.41. The van der Waals surface area contributed by atoms with Gasteiger partial charge in [-0.1, -0.05) is 34.1 Å². The van der Waals surface area contributed by atoms with Crippen molar-refractivity contribution in [3.8, 4) is 5.75 Å². The molecule has 2 aromatic carbocycles. The van der Waals surface area contributed by atoms with E-state index in [1.54, 1.807) is 0 Å². The van der Waals surface area contributed by atoms with Crippen LogP contribution in [0.4, 0.5) is 0 Å². The van der Waals surface area contributed by atoms with Gasteiger partial charge in [-0.3, -0.25) is 0 Å². The van der Waals surface area contributed by atoms with Gasteiger partial charge < -0.3 is 10.1 Å². The highest BCUT2D eigenvalue weighted by molar-refractivity contribution is 9.10. The smallest absolute Gasteiger partial charge is 0.124 e. The van der Waals surface area contributed by atoms with Gasteiger partial charge in [0.05, 0.1) is 12.6 Å². The summed E-state index contributed by atoms with van der Waals surface area (Å²) in [5.74, 6) is 0.929. The molecule has 0 saturated carbocycles. The molecule has 0 fully saturated rings. The van der Waals surface area contributed by atoms with Crippen molar-refractivity contribution in [2.75, 3.05) is 13.7 Å². The Labute approximate surface area is 135 Å². The lowest BCUT2D eigenvalue weighted by Crippen LogP contribution is -2.19. The van der Waals surface area contributed by atoms with Gasteiger partial charge in [0.1, 0.15) is 5.75 Å². The molecule has 3 heteroatoms. The lowest BCUT2D eigenvalue weighted by molar-refractivity contribution is 0.334. The van der Waals surface area contributed by atoms with Crippen LogP contribution in [0.2, 0.25) is 0 Å². The molecule has 0 aliphatic carbocycles. The van der Waals surface area contributed by atoms with Crippen molar-refractivity contribution in [3.05, 3.63) is 63.1 Å². The first-order valence-electron chi connectivity index (χ1n) is 7.23. The maximum absolute atomic E-state index is 5.79. The maximum atomic E-state index is 5.79. The van der Waals surface area contributed by atoms with Crippen LogP contribution in [0.25, 0.3) is 0 Å². The van der Waals surface area contributed by atoms with Crippen LogP contribution < -0.4 is 10.1 Å². The molecule has 0 heterocycles. The lowest BCUT2D eigenvalue weighted by Gasteiger charge is -2.21. The molecule has 1 unspecified atom stereocenters. The molecule has 2 aromatic rings. The first-order valence-corrected chi connectivity index (χ1v) is 8.02. The summed E-state index contributed by atoms with van der Waals surface area (Å²) in [4.78, 5) is 0. The summed E-state index contributed by atoms with van der Waals surface area (Å²) in [6, 6.07) is 12.9. The molecule has 1 N–H and O–H groups in total. The van der Waals surface area contributed by atoms with Crippen molar-refractivity contribution < 1.29 is 4.74 Å². The van der Waals surface area contributed by atoms with Crippen LogP contribution in [0.1, 0.15) is 35.2 Å². The fourth-order valence-corrected chi connectivity index (χ4v) is 2.86. The Morgan fingerprint density at radius 2 is 1.86 bits per heavy atom. The number of hydrogen-bond acceptors (Lipinski definition) is 2. The molecule has 2 nitrogen and oxygen atoms in total. The fraction of sp³-hybridized carbons (Fsp3) is 0.333. The number of nitrogens with one attached hydrogen (secondary N) is 1. The Bertz CT molecular complexity index is 625. The summed E-state index contributed by atoms with van der Waals surface area (Å²) < 4.78 is 6.85. The number of benzene rings is 2. The minimum absolute atomic E-state index is 0.114. The Balaban J connectivity index is 2.49. The summed E-state index contributed by atoms with van der Waals surface area (Å²) in [6.45, 7) is 6.96. The predicted octanol–water partition coefficient (Wildman–Crippen LogP) is 4.77. The fourth-order valence-electron chi connectivity index (χ4n) is 2.48. The van der Waals surface area contributed by atoms with Crippen molar-refractivity contribution >= 4 is 15.9 Å². The molecule has 2 rings (SSSR count). The Hall–Kier alpha value is -1.32. The van der Waals surface area contributed by atoms with E-state index in [2.05, 4.69) is 59.4 Å². The predicted molar refractivity (Wildman–Crippen MR) is 92.1 cm³/mol. The molecule has 0 radical (unpaired) electrons. The molecule has 1 atom stereocenters. The minimum atomic E-state index is 0.114. The monoisotopic (exact) mass is 347 g/mol. The number of hydrogen-bond donors (Lipinski definition) is 1. The molecular weight excluding hydrogens is 326 g/mol. The molecule has 0 aromatic heterocycles. The first kappa shape index (κ1) is 16.1. The van der Waals surface area contributed by atoms with E-state index in [1.807, 2.05) is 26.1 Å². The van der Waals surface area contributed by atoms with E-state index in [1.165, 1.54) is 16.7 Å². The molecule has 0 saturated heterocycles.